The van der Waals surface area contributed by atoms with Gasteiger partial charge in [-0.05, 0) is 24.3 Å². The van der Waals surface area contributed by atoms with Gasteiger partial charge in [-0.25, -0.2) is 0 Å². The first-order chi connectivity index (χ1) is 13.1. The highest BCUT2D eigenvalue weighted by molar-refractivity contribution is 8.00. The maximum Gasteiger partial charge on any atom is 0.254 e. The van der Waals surface area contributed by atoms with E-state index < -0.39 is 0 Å². The number of thioether (sulfide) groups is 1. The number of anilines is 2. The van der Waals surface area contributed by atoms with E-state index in [4.69, 9.17) is 6.42 Å². The number of terminal acetylenes is 1. The fraction of sp³-hybridized carbons (Fsp3) is 0.150. The zero-order valence-corrected chi connectivity index (χ0v) is 15.2. The number of carbonyl (C=O) groups excluding carboxylic acids is 3. The monoisotopic (exact) mass is 379 g/mol. The van der Waals surface area contributed by atoms with E-state index in [1.807, 2.05) is 24.3 Å². The molecule has 0 aliphatic carbocycles. The first-order valence-corrected chi connectivity index (χ1v) is 9.21. The van der Waals surface area contributed by atoms with E-state index in [1.165, 1.54) is 16.7 Å². The maximum absolute atomic E-state index is 12.5. The molecule has 0 spiro atoms. The Balaban J connectivity index is 1.75. The van der Waals surface area contributed by atoms with Gasteiger partial charge in [0.05, 0.1) is 29.2 Å². The molecule has 27 heavy (non-hydrogen) atoms. The highest BCUT2D eigenvalue weighted by Crippen LogP contribution is 2.34. The first-order valence-electron chi connectivity index (χ1n) is 8.23. The third-order valence-corrected chi connectivity index (χ3v) is 4.95. The molecule has 6 nitrogen and oxygen atoms in total. The van der Waals surface area contributed by atoms with Gasteiger partial charge in [0.15, 0.2) is 0 Å². The predicted molar refractivity (Wildman–Crippen MR) is 106 cm³/mol. The van der Waals surface area contributed by atoms with Crippen LogP contribution in [0.25, 0.3) is 0 Å². The van der Waals surface area contributed by atoms with Crippen molar-refractivity contribution in [3.05, 3.63) is 54.1 Å². The summed E-state index contributed by atoms with van der Waals surface area (Å²) in [6, 6.07) is 14.1. The van der Waals surface area contributed by atoms with E-state index in [2.05, 4.69) is 16.6 Å². The van der Waals surface area contributed by atoms with Gasteiger partial charge in [0.2, 0.25) is 11.8 Å². The van der Waals surface area contributed by atoms with E-state index in [9.17, 15) is 14.4 Å². The topological polar surface area (TPSA) is 78.5 Å². The van der Waals surface area contributed by atoms with Crippen molar-refractivity contribution in [1.82, 2.24) is 5.32 Å². The molecule has 3 rings (SSSR count). The number of rotatable bonds is 5. The predicted octanol–water partition coefficient (Wildman–Crippen LogP) is 2.13. The van der Waals surface area contributed by atoms with Crippen molar-refractivity contribution in [2.45, 2.75) is 4.90 Å². The van der Waals surface area contributed by atoms with Crippen LogP contribution in [0.5, 0.6) is 0 Å². The van der Waals surface area contributed by atoms with Crippen LogP contribution < -0.4 is 15.5 Å². The lowest BCUT2D eigenvalue weighted by molar-refractivity contribution is -0.120. The van der Waals surface area contributed by atoms with Gasteiger partial charge in [-0.2, -0.15) is 0 Å². The largest absolute Gasteiger partial charge is 0.341 e. The second-order valence-electron chi connectivity index (χ2n) is 5.72. The van der Waals surface area contributed by atoms with Crippen LogP contribution in [0, 0.1) is 12.3 Å². The lowest BCUT2D eigenvalue weighted by Gasteiger charge is -2.28. The first kappa shape index (κ1) is 18.5. The number of amides is 3. The molecular formula is C20H17N3O3S. The number of hydrogen-bond acceptors (Lipinski definition) is 4. The molecule has 2 aromatic carbocycles. The minimum atomic E-state index is -0.387. The van der Waals surface area contributed by atoms with Crippen LogP contribution in [0.15, 0.2) is 53.4 Å². The summed E-state index contributed by atoms with van der Waals surface area (Å²) < 4.78 is 0. The van der Waals surface area contributed by atoms with Crippen LogP contribution in [0.4, 0.5) is 11.4 Å². The zero-order valence-electron chi connectivity index (χ0n) is 14.4. The Morgan fingerprint density at radius 2 is 1.89 bits per heavy atom. The summed E-state index contributed by atoms with van der Waals surface area (Å²) in [5, 5.41) is 5.28. The fourth-order valence-electron chi connectivity index (χ4n) is 2.68. The third kappa shape index (κ3) is 4.30. The Morgan fingerprint density at radius 3 is 2.70 bits per heavy atom. The van der Waals surface area contributed by atoms with Gasteiger partial charge in [0.25, 0.3) is 5.91 Å². The molecule has 0 fully saturated rings. The molecule has 2 N–H and O–H groups in total. The van der Waals surface area contributed by atoms with Gasteiger partial charge in [-0.1, -0.05) is 30.2 Å². The van der Waals surface area contributed by atoms with Gasteiger partial charge < -0.3 is 15.5 Å². The maximum atomic E-state index is 12.5. The van der Waals surface area contributed by atoms with Crippen molar-refractivity contribution < 1.29 is 14.4 Å². The van der Waals surface area contributed by atoms with Crippen LogP contribution in [0.1, 0.15) is 10.4 Å². The molecule has 0 unspecified atom stereocenters. The summed E-state index contributed by atoms with van der Waals surface area (Å²) >= 11 is 1.45. The molecule has 0 aromatic heterocycles. The standard InChI is InChI=1S/C20H17N3O3S/c1-2-11-21-20(26)14-7-3-4-8-15(14)22-18(24)12-23-16-9-5-6-10-17(16)27-13-19(23)25/h1,3-10H,11-13H2,(H,21,26)(H,22,24). The van der Waals surface area contributed by atoms with Crippen molar-refractivity contribution in [2.75, 3.05) is 29.1 Å². The molecule has 136 valence electrons. The normalized spacial score (nSPS) is 12.7. The summed E-state index contributed by atoms with van der Waals surface area (Å²) in [6.45, 7) is -0.0332. The number of carbonyl (C=O) groups is 3. The summed E-state index contributed by atoms with van der Waals surface area (Å²) in [5.74, 6) is 1.73. The zero-order chi connectivity index (χ0) is 19.2. The minimum absolute atomic E-state index is 0.0951. The van der Waals surface area contributed by atoms with E-state index in [0.29, 0.717) is 16.9 Å². The van der Waals surface area contributed by atoms with Crippen molar-refractivity contribution >= 4 is 40.9 Å². The lowest BCUT2D eigenvalue weighted by atomic mass is 10.1. The SMILES string of the molecule is C#CCNC(=O)c1ccccc1NC(=O)CN1C(=O)CSc2ccccc21. The molecule has 1 aliphatic heterocycles. The molecule has 0 atom stereocenters. The van der Waals surface area contributed by atoms with E-state index in [0.717, 1.165) is 4.90 Å². The molecule has 2 aromatic rings. The molecule has 0 saturated heterocycles. The quantitative estimate of drug-likeness (QED) is 0.780. The average Bonchev–Trinajstić information content (AvgIpc) is 2.68. The summed E-state index contributed by atoms with van der Waals surface area (Å²) in [5.41, 5.74) is 1.39. The van der Waals surface area contributed by atoms with Crippen LogP contribution in [-0.4, -0.2) is 36.6 Å². The van der Waals surface area contributed by atoms with Gasteiger partial charge in [-0.3, -0.25) is 14.4 Å². The smallest absolute Gasteiger partial charge is 0.254 e. The third-order valence-electron chi connectivity index (χ3n) is 3.91. The van der Waals surface area contributed by atoms with Crippen molar-refractivity contribution in [3.8, 4) is 12.3 Å². The van der Waals surface area contributed by atoms with E-state index in [-0.39, 0.29) is 36.6 Å². The van der Waals surface area contributed by atoms with Crippen molar-refractivity contribution in [1.29, 1.82) is 0 Å². The number of fused-ring (bicyclic) bond motifs is 1. The fourth-order valence-corrected chi connectivity index (χ4v) is 3.61. The molecule has 3 amide bonds. The van der Waals surface area contributed by atoms with Crippen molar-refractivity contribution in [2.24, 2.45) is 0 Å². The number of para-hydroxylation sites is 2. The summed E-state index contributed by atoms with van der Waals surface area (Å²) in [7, 11) is 0. The van der Waals surface area contributed by atoms with Gasteiger partial charge >= 0.3 is 0 Å². The van der Waals surface area contributed by atoms with E-state index in [1.54, 1.807) is 24.3 Å². The second kappa shape index (κ2) is 8.43. The van der Waals surface area contributed by atoms with Gasteiger partial charge in [-0.15, -0.1) is 18.2 Å². The Kier molecular flexibility index (Phi) is 5.79. The van der Waals surface area contributed by atoms with E-state index >= 15 is 0 Å². The minimum Gasteiger partial charge on any atom is -0.341 e. The number of nitrogens with one attached hydrogen (secondary N) is 2. The Morgan fingerprint density at radius 1 is 1.15 bits per heavy atom. The molecule has 0 saturated carbocycles. The Hall–Kier alpha value is -3.24. The van der Waals surface area contributed by atoms with Crippen molar-refractivity contribution in [3.63, 3.8) is 0 Å². The molecule has 0 radical (unpaired) electrons. The van der Waals surface area contributed by atoms with Gasteiger partial charge in [0, 0.05) is 4.90 Å². The van der Waals surface area contributed by atoms with Crippen LogP contribution in [0.3, 0.4) is 0 Å². The number of hydrogen-bond donors (Lipinski definition) is 2. The molecular weight excluding hydrogens is 362 g/mol. The Bertz CT molecular complexity index is 936. The molecule has 1 aliphatic rings. The second-order valence-corrected chi connectivity index (χ2v) is 6.73. The van der Waals surface area contributed by atoms with Crippen LogP contribution in [-0.2, 0) is 9.59 Å². The molecule has 0 bridgehead atoms. The highest BCUT2D eigenvalue weighted by Gasteiger charge is 2.26. The van der Waals surface area contributed by atoms with Gasteiger partial charge in [0.1, 0.15) is 6.54 Å². The van der Waals surface area contributed by atoms with Crippen LogP contribution in [0.2, 0.25) is 0 Å². The Labute approximate surface area is 161 Å². The average molecular weight is 379 g/mol. The highest BCUT2D eigenvalue weighted by atomic mass is 32.2. The number of nitrogens with zero attached hydrogens (tertiary/aromatic N) is 1. The van der Waals surface area contributed by atoms with Crippen LogP contribution >= 0.6 is 11.8 Å². The molecule has 1 heterocycles. The lowest BCUT2D eigenvalue weighted by Crippen LogP contribution is -2.41. The number of benzene rings is 2. The summed E-state index contributed by atoms with van der Waals surface area (Å²) in [6.07, 6.45) is 5.16. The summed E-state index contributed by atoms with van der Waals surface area (Å²) in [4.78, 5) is 39.4. The molecule has 7 heteroatoms.